The third-order valence-corrected chi connectivity index (χ3v) is 2.22. The Balaban J connectivity index is 2.54. The molecule has 0 heterocycles. The van der Waals surface area contributed by atoms with Crippen LogP contribution in [0.1, 0.15) is 13.8 Å². The van der Waals surface area contributed by atoms with Crippen molar-refractivity contribution in [3.8, 4) is 5.75 Å². The number of hydrogen-bond acceptors (Lipinski definition) is 3. The summed E-state index contributed by atoms with van der Waals surface area (Å²) in [6.07, 6.45) is -0.864. The van der Waals surface area contributed by atoms with Crippen molar-refractivity contribution in [1.29, 1.82) is 0 Å². The number of ether oxygens (including phenoxy) is 1. The quantitative estimate of drug-likeness (QED) is 0.828. The highest BCUT2D eigenvalue weighted by molar-refractivity contribution is 5.86. The average molecular weight is 255 g/mol. The minimum absolute atomic E-state index is 0.335. The summed E-state index contributed by atoms with van der Waals surface area (Å²) in [6, 6.07) is 4.20. The normalized spacial score (nSPS) is 13.5. The summed E-state index contributed by atoms with van der Waals surface area (Å²) in [5, 5.41) is 10.9. The lowest BCUT2D eigenvalue weighted by atomic mass is 10.3. The first-order valence-corrected chi connectivity index (χ1v) is 5.35. The molecule has 1 unspecified atom stereocenters. The highest BCUT2D eigenvalue weighted by Crippen LogP contribution is 2.13. The zero-order valence-electron chi connectivity index (χ0n) is 10.0. The second-order valence-electron chi connectivity index (χ2n) is 3.78. The molecule has 1 aromatic rings. The lowest BCUT2D eigenvalue weighted by Crippen LogP contribution is -2.44. The zero-order valence-corrected chi connectivity index (χ0v) is 10.0. The van der Waals surface area contributed by atoms with E-state index in [1.807, 2.05) is 0 Å². The predicted molar refractivity (Wildman–Crippen MR) is 61.7 cm³/mol. The maximum absolute atomic E-state index is 12.6. The molecular formula is C12H14FNO4. The Morgan fingerprint density at radius 2 is 1.83 bits per heavy atom. The lowest BCUT2D eigenvalue weighted by molar-refractivity contribution is -0.142. The smallest absolute Gasteiger partial charge is 0.325 e. The summed E-state index contributed by atoms with van der Waals surface area (Å²) in [4.78, 5) is 22.1. The fraction of sp³-hybridized carbons (Fsp3) is 0.333. The molecule has 0 saturated heterocycles. The van der Waals surface area contributed by atoms with Crippen LogP contribution in [0, 0.1) is 5.82 Å². The number of carbonyl (C=O) groups excluding carboxylic acids is 1. The van der Waals surface area contributed by atoms with Crippen molar-refractivity contribution in [2.24, 2.45) is 0 Å². The van der Waals surface area contributed by atoms with E-state index in [4.69, 9.17) is 9.84 Å². The average Bonchev–Trinajstić information content (AvgIpc) is 2.31. The molecule has 5 nitrogen and oxygen atoms in total. The number of amides is 1. The Hall–Kier alpha value is -2.11. The van der Waals surface area contributed by atoms with E-state index < -0.39 is 29.8 Å². The van der Waals surface area contributed by atoms with Crippen LogP contribution in [0.3, 0.4) is 0 Å². The van der Waals surface area contributed by atoms with Crippen LogP contribution in [0.5, 0.6) is 5.75 Å². The van der Waals surface area contributed by atoms with Gasteiger partial charge in [0.05, 0.1) is 0 Å². The van der Waals surface area contributed by atoms with Crippen molar-refractivity contribution < 1.29 is 23.8 Å². The highest BCUT2D eigenvalue weighted by Gasteiger charge is 2.20. The number of carbonyl (C=O) groups is 2. The summed E-state index contributed by atoms with van der Waals surface area (Å²) in [5.41, 5.74) is 0. The van der Waals surface area contributed by atoms with Crippen LogP contribution in [0.15, 0.2) is 24.3 Å². The molecule has 1 aromatic carbocycles. The number of rotatable bonds is 5. The van der Waals surface area contributed by atoms with Crippen molar-refractivity contribution in [2.45, 2.75) is 26.0 Å². The molecule has 0 bridgehead atoms. The maximum atomic E-state index is 12.6. The summed E-state index contributed by atoms with van der Waals surface area (Å²) in [5.74, 6) is -1.74. The van der Waals surface area contributed by atoms with E-state index in [0.29, 0.717) is 5.75 Å². The molecule has 0 spiro atoms. The number of carboxylic acids is 1. The van der Waals surface area contributed by atoms with Gasteiger partial charge in [-0.15, -0.1) is 0 Å². The molecule has 0 aliphatic rings. The molecular weight excluding hydrogens is 241 g/mol. The summed E-state index contributed by atoms with van der Waals surface area (Å²) < 4.78 is 17.9. The van der Waals surface area contributed by atoms with Crippen LogP contribution in [-0.4, -0.2) is 29.1 Å². The number of halogens is 1. The number of aliphatic carboxylic acids is 1. The molecule has 0 radical (unpaired) electrons. The van der Waals surface area contributed by atoms with Crippen molar-refractivity contribution >= 4 is 11.9 Å². The second kappa shape index (κ2) is 6.00. The van der Waals surface area contributed by atoms with E-state index in [0.717, 1.165) is 0 Å². The first-order chi connectivity index (χ1) is 8.40. The molecule has 0 aromatic heterocycles. The Morgan fingerprint density at radius 3 is 2.33 bits per heavy atom. The third-order valence-electron chi connectivity index (χ3n) is 2.22. The van der Waals surface area contributed by atoms with Gasteiger partial charge in [-0.2, -0.15) is 0 Å². The fourth-order valence-electron chi connectivity index (χ4n) is 1.16. The van der Waals surface area contributed by atoms with Crippen molar-refractivity contribution in [3.63, 3.8) is 0 Å². The Bertz CT molecular complexity index is 432. The molecule has 0 fully saturated rings. The van der Waals surface area contributed by atoms with E-state index >= 15 is 0 Å². The van der Waals surface area contributed by atoms with Crippen LogP contribution < -0.4 is 10.1 Å². The van der Waals surface area contributed by atoms with Gasteiger partial charge in [0.15, 0.2) is 6.10 Å². The minimum Gasteiger partial charge on any atom is -0.481 e. The molecule has 0 saturated carbocycles. The van der Waals surface area contributed by atoms with Crippen LogP contribution in [0.25, 0.3) is 0 Å². The predicted octanol–water partition coefficient (Wildman–Crippen LogP) is 1.18. The highest BCUT2D eigenvalue weighted by atomic mass is 19.1. The molecule has 2 atom stereocenters. The molecule has 0 aliphatic heterocycles. The lowest BCUT2D eigenvalue weighted by Gasteiger charge is -2.16. The van der Waals surface area contributed by atoms with Gasteiger partial charge in [-0.05, 0) is 38.1 Å². The first kappa shape index (κ1) is 14.0. The van der Waals surface area contributed by atoms with Crippen LogP contribution in [-0.2, 0) is 9.59 Å². The van der Waals surface area contributed by atoms with E-state index in [9.17, 15) is 14.0 Å². The summed E-state index contributed by atoms with van der Waals surface area (Å²) in [7, 11) is 0. The SMILES string of the molecule is CC(Oc1ccc(F)cc1)C(=O)N[C@@H](C)C(=O)O. The topological polar surface area (TPSA) is 75.6 Å². The third kappa shape index (κ3) is 4.04. The molecule has 6 heteroatoms. The molecule has 18 heavy (non-hydrogen) atoms. The number of nitrogens with one attached hydrogen (secondary N) is 1. The second-order valence-corrected chi connectivity index (χ2v) is 3.78. The van der Waals surface area contributed by atoms with E-state index in [1.165, 1.54) is 38.1 Å². The minimum atomic E-state index is -1.13. The van der Waals surface area contributed by atoms with Crippen molar-refractivity contribution in [1.82, 2.24) is 5.32 Å². The Labute approximate surface area is 104 Å². The summed E-state index contributed by atoms with van der Waals surface area (Å²) >= 11 is 0. The standard InChI is InChI=1S/C12H14FNO4/c1-7(12(16)17)14-11(15)8(2)18-10-5-3-9(13)4-6-10/h3-8H,1-2H3,(H,14,15)(H,16,17)/t7-,8?/m0/s1. The van der Waals surface area contributed by atoms with Gasteiger partial charge < -0.3 is 15.2 Å². The first-order valence-electron chi connectivity index (χ1n) is 5.35. The van der Waals surface area contributed by atoms with Gasteiger partial charge in [0.2, 0.25) is 0 Å². The molecule has 1 rings (SSSR count). The summed E-state index contributed by atoms with van der Waals surface area (Å²) in [6.45, 7) is 2.83. The maximum Gasteiger partial charge on any atom is 0.325 e. The van der Waals surface area contributed by atoms with Crippen LogP contribution in [0.2, 0.25) is 0 Å². The molecule has 1 amide bonds. The molecule has 2 N–H and O–H groups in total. The Morgan fingerprint density at radius 1 is 1.28 bits per heavy atom. The van der Waals surface area contributed by atoms with Gasteiger partial charge in [0.1, 0.15) is 17.6 Å². The number of benzene rings is 1. The van der Waals surface area contributed by atoms with Crippen molar-refractivity contribution in [2.75, 3.05) is 0 Å². The fourth-order valence-corrected chi connectivity index (χ4v) is 1.16. The van der Waals surface area contributed by atoms with Gasteiger partial charge in [-0.1, -0.05) is 0 Å². The van der Waals surface area contributed by atoms with E-state index in [1.54, 1.807) is 0 Å². The number of carboxylic acid groups (broad SMARTS) is 1. The molecule has 0 aliphatic carbocycles. The number of hydrogen-bond donors (Lipinski definition) is 2. The van der Waals surface area contributed by atoms with E-state index in [2.05, 4.69) is 5.32 Å². The Kier molecular flexibility index (Phi) is 4.65. The van der Waals surface area contributed by atoms with E-state index in [-0.39, 0.29) is 0 Å². The largest absolute Gasteiger partial charge is 0.481 e. The van der Waals surface area contributed by atoms with Crippen LogP contribution >= 0.6 is 0 Å². The van der Waals surface area contributed by atoms with Gasteiger partial charge in [-0.25, -0.2) is 4.39 Å². The zero-order chi connectivity index (χ0) is 13.7. The van der Waals surface area contributed by atoms with Crippen LogP contribution in [0.4, 0.5) is 4.39 Å². The van der Waals surface area contributed by atoms with Gasteiger partial charge >= 0.3 is 5.97 Å². The van der Waals surface area contributed by atoms with Gasteiger partial charge in [0.25, 0.3) is 5.91 Å². The van der Waals surface area contributed by atoms with Crippen molar-refractivity contribution in [3.05, 3.63) is 30.1 Å². The monoisotopic (exact) mass is 255 g/mol. The van der Waals surface area contributed by atoms with Gasteiger partial charge in [-0.3, -0.25) is 9.59 Å². The van der Waals surface area contributed by atoms with Gasteiger partial charge in [0, 0.05) is 0 Å². The molecule has 98 valence electrons.